The topological polar surface area (TPSA) is 3.24 Å². The summed E-state index contributed by atoms with van der Waals surface area (Å²) in [6.45, 7) is 2.22. The zero-order valence-electron chi connectivity index (χ0n) is 11.9. The molecule has 106 valence electrons. The van der Waals surface area contributed by atoms with Crippen molar-refractivity contribution < 1.29 is 0 Å². The number of fused-ring (bicyclic) bond motifs is 1. The molecular weight excluding hydrogens is 278 g/mol. The summed E-state index contributed by atoms with van der Waals surface area (Å²) in [4.78, 5) is 2.48. The predicted octanol–water partition coefficient (Wildman–Crippen LogP) is 4.95. The Kier molecular flexibility index (Phi) is 3.23. The molecule has 21 heavy (non-hydrogen) atoms. The van der Waals surface area contributed by atoms with Crippen LogP contribution in [0.3, 0.4) is 0 Å². The molecule has 1 heterocycles. The van der Waals surface area contributed by atoms with Crippen molar-refractivity contribution in [3.05, 3.63) is 76.4 Å². The third-order valence-electron chi connectivity index (χ3n) is 4.34. The van der Waals surface area contributed by atoms with E-state index in [4.69, 9.17) is 11.6 Å². The Morgan fingerprint density at radius 3 is 2.52 bits per heavy atom. The van der Waals surface area contributed by atoms with Crippen LogP contribution in [0.4, 0.5) is 0 Å². The lowest BCUT2D eigenvalue weighted by Crippen LogP contribution is -2.24. The van der Waals surface area contributed by atoms with E-state index in [1.54, 1.807) is 0 Å². The largest absolute Gasteiger partial charge is 0.372 e. The molecule has 2 aromatic rings. The van der Waals surface area contributed by atoms with Gasteiger partial charge in [-0.15, -0.1) is 0 Å². The van der Waals surface area contributed by atoms with Crippen LogP contribution in [0, 0.1) is 5.92 Å². The third kappa shape index (κ3) is 2.71. The Bertz CT molecular complexity index is 683. The lowest BCUT2D eigenvalue weighted by Gasteiger charge is -2.29. The molecule has 1 nitrogen and oxygen atoms in total. The summed E-state index contributed by atoms with van der Waals surface area (Å²) in [7, 11) is 0. The van der Waals surface area contributed by atoms with E-state index in [0.29, 0.717) is 0 Å². The van der Waals surface area contributed by atoms with E-state index in [1.807, 2.05) is 12.1 Å². The first-order chi connectivity index (χ1) is 10.3. The summed E-state index contributed by atoms with van der Waals surface area (Å²) in [5.74, 6) is 0.901. The van der Waals surface area contributed by atoms with Crippen molar-refractivity contribution in [2.24, 2.45) is 5.92 Å². The van der Waals surface area contributed by atoms with Gasteiger partial charge in [0.05, 0.1) is 0 Å². The second-order valence-corrected chi connectivity index (χ2v) is 6.52. The highest BCUT2D eigenvalue weighted by Crippen LogP contribution is 2.35. The standard InChI is InChI=1S/C19H18ClN/c20-17-9-7-15(8-10-17)19-13-21(11-14-5-6-14)12-16-3-1-2-4-18(16)19/h1-4,7-10,13-14H,5-6,11-12H2. The van der Waals surface area contributed by atoms with Gasteiger partial charge in [-0.25, -0.2) is 0 Å². The van der Waals surface area contributed by atoms with Gasteiger partial charge in [-0.3, -0.25) is 0 Å². The molecule has 0 spiro atoms. The van der Waals surface area contributed by atoms with Crippen LogP contribution < -0.4 is 0 Å². The monoisotopic (exact) mass is 295 g/mol. The Hall–Kier alpha value is -1.73. The van der Waals surface area contributed by atoms with Crippen molar-refractivity contribution >= 4 is 17.2 Å². The zero-order valence-corrected chi connectivity index (χ0v) is 12.7. The van der Waals surface area contributed by atoms with Crippen molar-refractivity contribution in [2.45, 2.75) is 19.4 Å². The minimum Gasteiger partial charge on any atom is -0.372 e. The van der Waals surface area contributed by atoms with Gasteiger partial charge >= 0.3 is 0 Å². The quantitative estimate of drug-likeness (QED) is 0.774. The zero-order chi connectivity index (χ0) is 14.2. The molecule has 2 heteroatoms. The molecule has 1 saturated carbocycles. The van der Waals surface area contributed by atoms with Gasteiger partial charge in [0.1, 0.15) is 0 Å². The van der Waals surface area contributed by atoms with Gasteiger partial charge < -0.3 is 4.90 Å². The molecule has 0 amide bonds. The third-order valence-corrected chi connectivity index (χ3v) is 4.59. The molecule has 0 unspecified atom stereocenters. The summed E-state index contributed by atoms with van der Waals surface area (Å²) < 4.78 is 0. The van der Waals surface area contributed by atoms with Crippen molar-refractivity contribution in [3.8, 4) is 0 Å². The first-order valence-electron chi connectivity index (χ1n) is 7.60. The fourth-order valence-corrected chi connectivity index (χ4v) is 3.17. The molecule has 0 bridgehead atoms. The average Bonchev–Trinajstić information content (AvgIpc) is 3.31. The van der Waals surface area contributed by atoms with Crippen LogP contribution in [-0.4, -0.2) is 11.4 Å². The van der Waals surface area contributed by atoms with Crippen LogP contribution in [0.2, 0.25) is 5.02 Å². The van der Waals surface area contributed by atoms with Crippen LogP contribution in [-0.2, 0) is 6.54 Å². The maximum Gasteiger partial charge on any atom is 0.0430 e. The summed E-state index contributed by atoms with van der Waals surface area (Å²) in [6, 6.07) is 16.9. The summed E-state index contributed by atoms with van der Waals surface area (Å²) in [5, 5.41) is 0.790. The van der Waals surface area contributed by atoms with E-state index < -0.39 is 0 Å². The first kappa shape index (κ1) is 13.0. The first-order valence-corrected chi connectivity index (χ1v) is 7.97. The minimum absolute atomic E-state index is 0.790. The normalized spacial score (nSPS) is 17.4. The molecule has 1 aliphatic carbocycles. The highest BCUT2D eigenvalue weighted by molar-refractivity contribution is 6.30. The van der Waals surface area contributed by atoms with E-state index in [1.165, 1.54) is 41.6 Å². The Morgan fingerprint density at radius 1 is 1.00 bits per heavy atom. The molecule has 0 aromatic heterocycles. The van der Waals surface area contributed by atoms with Gasteiger partial charge in [-0.05, 0) is 47.6 Å². The van der Waals surface area contributed by atoms with Crippen molar-refractivity contribution in [2.75, 3.05) is 6.54 Å². The smallest absolute Gasteiger partial charge is 0.0430 e. The molecular formula is C19H18ClN. The summed E-state index contributed by atoms with van der Waals surface area (Å²) >= 11 is 6.03. The van der Waals surface area contributed by atoms with Crippen molar-refractivity contribution in [3.63, 3.8) is 0 Å². The average molecular weight is 296 g/mol. The van der Waals surface area contributed by atoms with E-state index in [-0.39, 0.29) is 0 Å². The molecule has 2 aromatic carbocycles. The summed E-state index contributed by atoms with van der Waals surface area (Å²) in [6.07, 6.45) is 5.12. The highest BCUT2D eigenvalue weighted by atomic mass is 35.5. The molecule has 1 aliphatic heterocycles. The minimum atomic E-state index is 0.790. The Morgan fingerprint density at radius 2 is 1.76 bits per heavy atom. The second-order valence-electron chi connectivity index (χ2n) is 6.08. The van der Waals surface area contributed by atoms with E-state index >= 15 is 0 Å². The second kappa shape index (κ2) is 5.23. The molecule has 4 rings (SSSR count). The van der Waals surface area contributed by atoms with Crippen molar-refractivity contribution in [1.29, 1.82) is 0 Å². The van der Waals surface area contributed by atoms with Gasteiger partial charge in [-0.2, -0.15) is 0 Å². The fraction of sp³-hybridized carbons (Fsp3) is 0.263. The van der Waals surface area contributed by atoms with Crippen LogP contribution in [0.1, 0.15) is 29.5 Å². The van der Waals surface area contributed by atoms with Gasteiger partial charge in [0.25, 0.3) is 0 Å². The van der Waals surface area contributed by atoms with E-state index in [9.17, 15) is 0 Å². The molecule has 2 aliphatic rings. The van der Waals surface area contributed by atoms with Gasteiger partial charge in [-0.1, -0.05) is 48.0 Å². The number of hydrogen-bond acceptors (Lipinski definition) is 1. The predicted molar refractivity (Wildman–Crippen MR) is 88.1 cm³/mol. The maximum atomic E-state index is 6.03. The number of rotatable bonds is 3. The van der Waals surface area contributed by atoms with Gasteiger partial charge in [0, 0.05) is 29.9 Å². The van der Waals surface area contributed by atoms with Gasteiger partial charge in [0.2, 0.25) is 0 Å². The van der Waals surface area contributed by atoms with Crippen LogP contribution in [0.15, 0.2) is 54.7 Å². The summed E-state index contributed by atoms with van der Waals surface area (Å²) in [5.41, 5.74) is 5.33. The van der Waals surface area contributed by atoms with Crippen LogP contribution in [0.5, 0.6) is 0 Å². The Labute approximate surface area is 130 Å². The molecule has 1 fully saturated rings. The van der Waals surface area contributed by atoms with E-state index in [2.05, 4.69) is 47.5 Å². The van der Waals surface area contributed by atoms with E-state index in [0.717, 1.165) is 17.5 Å². The molecule has 0 saturated heterocycles. The molecule has 0 radical (unpaired) electrons. The molecule has 0 N–H and O–H groups in total. The van der Waals surface area contributed by atoms with Crippen molar-refractivity contribution in [1.82, 2.24) is 4.90 Å². The number of halogens is 1. The lowest BCUT2D eigenvalue weighted by molar-refractivity contribution is 0.349. The lowest BCUT2D eigenvalue weighted by atomic mass is 9.92. The van der Waals surface area contributed by atoms with Crippen LogP contribution in [0.25, 0.3) is 5.57 Å². The number of benzene rings is 2. The maximum absolute atomic E-state index is 6.03. The Balaban J connectivity index is 1.75. The van der Waals surface area contributed by atoms with Gasteiger partial charge in [0.15, 0.2) is 0 Å². The number of nitrogens with zero attached hydrogens (tertiary/aromatic N) is 1. The fourth-order valence-electron chi connectivity index (χ4n) is 3.05. The highest BCUT2D eigenvalue weighted by Gasteiger charge is 2.26. The molecule has 0 atom stereocenters. The SMILES string of the molecule is Clc1ccc(C2=CN(CC3CC3)Cc3ccccc32)cc1. The number of hydrogen-bond donors (Lipinski definition) is 0. The van der Waals surface area contributed by atoms with Crippen LogP contribution >= 0.6 is 11.6 Å².